The van der Waals surface area contributed by atoms with Crippen molar-refractivity contribution in [2.45, 2.75) is 44.6 Å². The van der Waals surface area contributed by atoms with Gasteiger partial charge in [0.05, 0.1) is 0 Å². The molecule has 2 N–H and O–H groups in total. The lowest BCUT2D eigenvalue weighted by Gasteiger charge is -2.20. The van der Waals surface area contributed by atoms with Crippen molar-refractivity contribution >= 4 is 12.4 Å². The van der Waals surface area contributed by atoms with Gasteiger partial charge < -0.3 is 5.73 Å². The van der Waals surface area contributed by atoms with Crippen LogP contribution in [0.25, 0.3) is 0 Å². The zero-order valence-electron chi connectivity index (χ0n) is 6.96. The molecule has 2 fully saturated rings. The van der Waals surface area contributed by atoms with Crippen molar-refractivity contribution in [3.05, 3.63) is 0 Å². The van der Waals surface area contributed by atoms with Gasteiger partial charge in [0.2, 0.25) is 0 Å². The Labute approximate surface area is 75.1 Å². The summed E-state index contributed by atoms with van der Waals surface area (Å²) in [6, 6.07) is 0.586. The molecule has 2 atom stereocenters. The van der Waals surface area contributed by atoms with Crippen LogP contribution in [0, 0.1) is 11.8 Å². The van der Waals surface area contributed by atoms with Gasteiger partial charge in [0.1, 0.15) is 0 Å². The molecule has 0 spiro atoms. The second-order valence-corrected chi connectivity index (χ2v) is 3.96. The molecule has 2 saturated carbocycles. The summed E-state index contributed by atoms with van der Waals surface area (Å²) in [6.45, 7) is 0. The fourth-order valence-electron chi connectivity index (χ4n) is 2.34. The van der Waals surface area contributed by atoms with Crippen molar-refractivity contribution in [3.63, 3.8) is 0 Å². The van der Waals surface area contributed by atoms with Crippen molar-refractivity contribution in [1.82, 2.24) is 0 Å². The SMILES string of the molecule is Cl.N[C@H]1C[C@@H]1C1CCCCC1. The predicted molar refractivity (Wildman–Crippen MR) is 49.9 cm³/mol. The van der Waals surface area contributed by atoms with Crippen molar-refractivity contribution in [3.8, 4) is 0 Å². The van der Waals surface area contributed by atoms with Gasteiger partial charge in [-0.15, -0.1) is 12.4 Å². The van der Waals surface area contributed by atoms with Crippen LogP contribution in [0.2, 0.25) is 0 Å². The summed E-state index contributed by atoms with van der Waals surface area (Å²) in [4.78, 5) is 0. The standard InChI is InChI=1S/C9H17N.ClH/c10-9-6-8(9)7-4-2-1-3-5-7;/h7-9H,1-6,10H2;1H/t8-,9+;/m1./s1. The van der Waals surface area contributed by atoms with Gasteiger partial charge in [-0.3, -0.25) is 0 Å². The Balaban J connectivity index is 0.000000605. The van der Waals surface area contributed by atoms with Crippen LogP contribution in [-0.2, 0) is 0 Å². The molecule has 0 aromatic rings. The Morgan fingerprint density at radius 1 is 1.00 bits per heavy atom. The molecule has 0 aromatic heterocycles. The van der Waals surface area contributed by atoms with Crippen molar-refractivity contribution in [2.75, 3.05) is 0 Å². The fourth-order valence-corrected chi connectivity index (χ4v) is 2.34. The lowest BCUT2D eigenvalue weighted by molar-refractivity contribution is 0.318. The minimum atomic E-state index is 0. The van der Waals surface area contributed by atoms with Gasteiger partial charge in [-0.1, -0.05) is 32.1 Å². The van der Waals surface area contributed by atoms with Crippen LogP contribution in [0.3, 0.4) is 0 Å². The summed E-state index contributed by atoms with van der Waals surface area (Å²) in [5.74, 6) is 1.95. The molecule has 0 aliphatic heterocycles. The second kappa shape index (κ2) is 3.77. The monoisotopic (exact) mass is 175 g/mol. The molecule has 0 heterocycles. The molecule has 2 heteroatoms. The maximum absolute atomic E-state index is 5.80. The lowest BCUT2D eigenvalue weighted by Crippen LogP contribution is -2.13. The highest BCUT2D eigenvalue weighted by atomic mass is 35.5. The zero-order valence-corrected chi connectivity index (χ0v) is 7.78. The number of halogens is 1. The maximum atomic E-state index is 5.80. The quantitative estimate of drug-likeness (QED) is 0.651. The van der Waals surface area contributed by atoms with Crippen LogP contribution in [-0.4, -0.2) is 6.04 Å². The van der Waals surface area contributed by atoms with E-state index >= 15 is 0 Å². The van der Waals surface area contributed by atoms with Gasteiger partial charge in [-0.25, -0.2) is 0 Å². The average Bonchev–Trinajstić information content (AvgIpc) is 2.69. The van der Waals surface area contributed by atoms with Crippen molar-refractivity contribution in [1.29, 1.82) is 0 Å². The first-order valence-corrected chi connectivity index (χ1v) is 4.63. The molecule has 0 amide bonds. The highest BCUT2D eigenvalue weighted by Gasteiger charge is 2.39. The molecule has 0 unspecified atom stereocenters. The van der Waals surface area contributed by atoms with Gasteiger partial charge >= 0.3 is 0 Å². The molecule has 1 nitrogen and oxygen atoms in total. The summed E-state index contributed by atoms with van der Waals surface area (Å²) in [7, 11) is 0. The van der Waals surface area contributed by atoms with Gasteiger partial charge in [-0.05, 0) is 18.3 Å². The topological polar surface area (TPSA) is 26.0 Å². The number of hydrogen-bond donors (Lipinski definition) is 1. The summed E-state index contributed by atoms with van der Waals surface area (Å²) in [6.07, 6.45) is 8.67. The second-order valence-electron chi connectivity index (χ2n) is 3.96. The third-order valence-corrected chi connectivity index (χ3v) is 3.15. The number of nitrogens with two attached hydrogens (primary N) is 1. The fraction of sp³-hybridized carbons (Fsp3) is 1.00. The van der Waals surface area contributed by atoms with E-state index in [1.165, 1.54) is 38.5 Å². The largest absolute Gasteiger partial charge is 0.327 e. The van der Waals surface area contributed by atoms with Crippen molar-refractivity contribution < 1.29 is 0 Å². The summed E-state index contributed by atoms with van der Waals surface area (Å²) in [5, 5.41) is 0. The molecule has 0 saturated heterocycles. The van der Waals surface area contributed by atoms with E-state index in [4.69, 9.17) is 5.73 Å². The summed E-state index contributed by atoms with van der Waals surface area (Å²) < 4.78 is 0. The lowest BCUT2D eigenvalue weighted by atomic mass is 9.86. The van der Waals surface area contributed by atoms with E-state index in [2.05, 4.69) is 0 Å². The van der Waals surface area contributed by atoms with Crippen LogP contribution < -0.4 is 5.73 Å². The third-order valence-electron chi connectivity index (χ3n) is 3.15. The normalized spacial score (nSPS) is 37.9. The number of hydrogen-bond acceptors (Lipinski definition) is 1. The smallest absolute Gasteiger partial charge is 0.00737 e. The Morgan fingerprint density at radius 2 is 1.55 bits per heavy atom. The first-order valence-electron chi connectivity index (χ1n) is 4.63. The molecule has 66 valence electrons. The van der Waals surface area contributed by atoms with Crippen molar-refractivity contribution in [2.24, 2.45) is 17.6 Å². The Kier molecular flexibility index (Phi) is 3.20. The third kappa shape index (κ3) is 2.09. The first kappa shape index (κ1) is 9.34. The minimum Gasteiger partial charge on any atom is -0.327 e. The Morgan fingerprint density at radius 3 is 2.00 bits per heavy atom. The van der Waals surface area contributed by atoms with Crippen LogP contribution in [0.4, 0.5) is 0 Å². The maximum Gasteiger partial charge on any atom is 0.00737 e. The van der Waals surface area contributed by atoms with E-state index in [1.807, 2.05) is 0 Å². The van der Waals surface area contributed by atoms with E-state index in [0.29, 0.717) is 6.04 Å². The van der Waals surface area contributed by atoms with E-state index in [0.717, 1.165) is 11.8 Å². The van der Waals surface area contributed by atoms with Crippen LogP contribution in [0.5, 0.6) is 0 Å². The predicted octanol–water partition coefficient (Wildman–Crippen LogP) is 2.34. The van der Waals surface area contributed by atoms with E-state index in [1.54, 1.807) is 0 Å². The van der Waals surface area contributed by atoms with Crippen LogP contribution >= 0.6 is 12.4 Å². The van der Waals surface area contributed by atoms with Gasteiger partial charge in [-0.2, -0.15) is 0 Å². The number of rotatable bonds is 1. The molecule has 2 aliphatic rings. The van der Waals surface area contributed by atoms with Gasteiger partial charge in [0.25, 0.3) is 0 Å². The summed E-state index contributed by atoms with van der Waals surface area (Å²) in [5.41, 5.74) is 5.80. The molecule has 0 aromatic carbocycles. The highest BCUT2D eigenvalue weighted by Crippen LogP contribution is 2.42. The molecule has 11 heavy (non-hydrogen) atoms. The zero-order chi connectivity index (χ0) is 6.97. The molecule has 0 bridgehead atoms. The minimum absolute atomic E-state index is 0. The summed E-state index contributed by atoms with van der Waals surface area (Å²) >= 11 is 0. The molecule has 2 rings (SSSR count). The molecule has 2 aliphatic carbocycles. The van der Waals surface area contributed by atoms with Crippen LogP contribution in [0.15, 0.2) is 0 Å². The van der Waals surface area contributed by atoms with Crippen LogP contribution in [0.1, 0.15) is 38.5 Å². The van der Waals surface area contributed by atoms with Gasteiger partial charge in [0, 0.05) is 6.04 Å². The van der Waals surface area contributed by atoms with Gasteiger partial charge in [0.15, 0.2) is 0 Å². The Bertz CT molecular complexity index is 121. The molecular formula is C9H18ClN. The van der Waals surface area contributed by atoms with E-state index < -0.39 is 0 Å². The molecule has 0 radical (unpaired) electrons. The first-order chi connectivity index (χ1) is 4.88. The Hall–Kier alpha value is 0.250. The average molecular weight is 176 g/mol. The highest BCUT2D eigenvalue weighted by molar-refractivity contribution is 5.85. The van der Waals surface area contributed by atoms with E-state index in [-0.39, 0.29) is 12.4 Å². The molecular weight excluding hydrogens is 158 g/mol. The van der Waals surface area contributed by atoms with E-state index in [9.17, 15) is 0 Å².